The molecule has 5 nitrogen and oxygen atoms in total. The first-order valence-corrected chi connectivity index (χ1v) is 8.52. The van der Waals surface area contributed by atoms with Crippen molar-refractivity contribution in [2.45, 2.75) is 39.3 Å². The van der Waals surface area contributed by atoms with Crippen molar-refractivity contribution in [3.8, 4) is 5.75 Å². The summed E-state index contributed by atoms with van der Waals surface area (Å²) in [5, 5.41) is 4.84. The molecule has 0 bridgehead atoms. The molecule has 2 rings (SSSR count). The molecule has 1 aromatic heterocycles. The standard InChI is InChI=1S/C17H22N2O3S/c1-4-14(13-7-5-6-8-15(13)22-3)18-16(20)9-10-19-12(2)11-23-17(19)21/h5-8,11,14H,4,9-10H2,1-3H3,(H,18,20). The fraction of sp³-hybridized carbons (Fsp3) is 0.412. The van der Waals surface area contributed by atoms with Crippen LogP contribution in [0.5, 0.6) is 5.75 Å². The highest BCUT2D eigenvalue weighted by Crippen LogP contribution is 2.26. The van der Waals surface area contributed by atoms with Crippen molar-refractivity contribution in [3.63, 3.8) is 0 Å². The van der Waals surface area contributed by atoms with Crippen molar-refractivity contribution in [3.05, 3.63) is 50.6 Å². The number of amides is 1. The maximum atomic E-state index is 12.2. The average Bonchev–Trinajstić information content (AvgIpc) is 2.89. The van der Waals surface area contributed by atoms with Crippen LogP contribution in [0.2, 0.25) is 0 Å². The van der Waals surface area contributed by atoms with Gasteiger partial charge in [0.05, 0.1) is 13.2 Å². The molecule has 0 saturated heterocycles. The van der Waals surface area contributed by atoms with Crippen molar-refractivity contribution in [1.29, 1.82) is 0 Å². The number of ether oxygens (including phenoxy) is 1. The minimum Gasteiger partial charge on any atom is -0.496 e. The van der Waals surface area contributed by atoms with Crippen LogP contribution in [-0.2, 0) is 11.3 Å². The second-order valence-electron chi connectivity index (χ2n) is 5.31. The number of methoxy groups -OCH3 is 1. The molecule has 0 aliphatic rings. The zero-order valence-corrected chi connectivity index (χ0v) is 14.5. The van der Waals surface area contributed by atoms with Gasteiger partial charge in [-0.1, -0.05) is 36.5 Å². The zero-order chi connectivity index (χ0) is 16.8. The van der Waals surface area contributed by atoms with Gasteiger partial charge in [0.2, 0.25) is 5.91 Å². The Morgan fingerprint density at radius 1 is 1.39 bits per heavy atom. The highest BCUT2D eigenvalue weighted by molar-refractivity contribution is 7.07. The number of carbonyl (C=O) groups excluding carboxylic acids is 1. The van der Waals surface area contributed by atoms with Gasteiger partial charge in [-0.3, -0.25) is 9.59 Å². The van der Waals surface area contributed by atoms with E-state index in [4.69, 9.17) is 4.74 Å². The first-order valence-electron chi connectivity index (χ1n) is 7.64. The summed E-state index contributed by atoms with van der Waals surface area (Å²) in [6, 6.07) is 7.59. The van der Waals surface area contributed by atoms with Crippen LogP contribution in [0.25, 0.3) is 0 Å². The molecule has 1 aromatic carbocycles. The van der Waals surface area contributed by atoms with E-state index in [2.05, 4.69) is 5.32 Å². The van der Waals surface area contributed by atoms with Crippen LogP contribution in [0.15, 0.2) is 34.4 Å². The molecule has 1 unspecified atom stereocenters. The van der Waals surface area contributed by atoms with Gasteiger partial charge in [-0.2, -0.15) is 0 Å². The van der Waals surface area contributed by atoms with E-state index in [1.807, 2.05) is 43.5 Å². The number of aryl methyl sites for hydroxylation is 1. The smallest absolute Gasteiger partial charge is 0.307 e. The van der Waals surface area contributed by atoms with E-state index in [0.717, 1.165) is 34.8 Å². The molecule has 0 aliphatic heterocycles. The highest BCUT2D eigenvalue weighted by atomic mass is 32.1. The average molecular weight is 334 g/mol. The van der Waals surface area contributed by atoms with Crippen LogP contribution < -0.4 is 14.9 Å². The Hall–Kier alpha value is -2.08. The predicted octanol–water partition coefficient (Wildman–Crippen LogP) is 2.88. The van der Waals surface area contributed by atoms with Gasteiger partial charge < -0.3 is 14.6 Å². The molecule has 0 fully saturated rings. The number of nitrogens with one attached hydrogen (secondary N) is 1. The molecule has 0 spiro atoms. The van der Waals surface area contributed by atoms with E-state index in [0.29, 0.717) is 6.54 Å². The fourth-order valence-electron chi connectivity index (χ4n) is 2.51. The molecule has 0 saturated carbocycles. The Kier molecular flexibility index (Phi) is 5.98. The number of hydrogen-bond acceptors (Lipinski definition) is 4. The first kappa shape index (κ1) is 17.3. The SMILES string of the molecule is CCC(NC(=O)CCn1c(C)csc1=O)c1ccccc1OC. The number of para-hydroxylation sites is 1. The van der Waals surface area contributed by atoms with Crippen molar-refractivity contribution >= 4 is 17.2 Å². The van der Waals surface area contributed by atoms with Gasteiger partial charge in [-0.25, -0.2) is 0 Å². The summed E-state index contributed by atoms with van der Waals surface area (Å²) >= 11 is 1.16. The first-order chi connectivity index (χ1) is 11.1. The van der Waals surface area contributed by atoms with E-state index in [9.17, 15) is 9.59 Å². The molecule has 0 aliphatic carbocycles. The van der Waals surface area contributed by atoms with Crippen LogP contribution in [-0.4, -0.2) is 17.6 Å². The lowest BCUT2D eigenvalue weighted by Crippen LogP contribution is -2.30. The quantitative estimate of drug-likeness (QED) is 0.847. The third-order valence-electron chi connectivity index (χ3n) is 3.80. The van der Waals surface area contributed by atoms with Crippen molar-refractivity contribution in [2.75, 3.05) is 7.11 Å². The molecule has 6 heteroatoms. The monoisotopic (exact) mass is 334 g/mol. The highest BCUT2D eigenvalue weighted by Gasteiger charge is 2.16. The maximum Gasteiger partial charge on any atom is 0.307 e. The maximum absolute atomic E-state index is 12.2. The molecule has 0 radical (unpaired) electrons. The van der Waals surface area contributed by atoms with E-state index >= 15 is 0 Å². The van der Waals surface area contributed by atoms with Gasteiger partial charge in [0.25, 0.3) is 0 Å². The van der Waals surface area contributed by atoms with Gasteiger partial charge in [-0.05, 0) is 19.4 Å². The number of nitrogens with zero attached hydrogens (tertiary/aromatic N) is 1. The number of benzene rings is 1. The zero-order valence-electron chi connectivity index (χ0n) is 13.7. The molecule has 1 atom stereocenters. The van der Waals surface area contributed by atoms with E-state index in [1.165, 1.54) is 0 Å². The Bertz CT molecular complexity index is 721. The molecule has 1 N–H and O–H groups in total. The Morgan fingerprint density at radius 3 is 2.74 bits per heavy atom. The van der Waals surface area contributed by atoms with Gasteiger partial charge in [-0.15, -0.1) is 0 Å². The van der Waals surface area contributed by atoms with Crippen LogP contribution in [0.1, 0.15) is 37.1 Å². The van der Waals surface area contributed by atoms with Gasteiger partial charge >= 0.3 is 4.87 Å². The third kappa shape index (κ3) is 4.22. The summed E-state index contributed by atoms with van der Waals surface area (Å²) in [5.74, 6) is 0.699. The number of carbonyl (C=O) groups is 1. The summed E-state index contributed by atoms with van der Waals surface area (Å²) < 4.78 is 7.00. The molecule has 124 valence electrons. The topological polar surface area (TPSA) is 60.3 Å². The lowest BCUT2D eigenvalue weighted by molar-refractivity contribution is -0.122. The number of aromatic nitrogens is 1. The molecule has 23 heavy (non-hydrogen) atoms. The minimum atomic E-state index is -0.0982. The summed E-state index contributed by atoms with van der Waals surface area (Å²) in [6.45, 7) is 4.30. The van der Waals surface area contributed by atoms with Crippen LogP contribution >= 0.6 is 11.3 Å². The third-order valence-corrected chi connectivity index (χ3v) is 4.68. The minimum absolute atomic E-state index is 0.0212. The lowest BCUT2D eigenvalue weighted by Gasteiger charge is -2.20. The van der Waals surface area contributed by atoms with Gasteiger partial charge in [0.15, 0.2) is 0 Å². The number of hydrogen-bond donors (Lipinski definition) is 1. The summed E-state index contributed by atoms with van der Waals surface area (Å²) in [4.78, 5) is 23.9. The molecule has 1 amide bonds. The number of thiazole rings is 1. The Morgan fingerprint density at radius 2 is 2.13 bits per heavy atom. The Labute approximate surface area is 139 Å². The molecule has 2 aromatic rings. The summed E-state index contributed by atoms with van der Waals surface area (Å²) in [6.07, 6.45) is 1.05. The normalized spacial score (nSPS) is 12.0. The lowest BCUT2D eigenvalue weighted by atomic mass is 10.0. The molecular weight excluding hydrogens is 312 g/mol. The largest absolute Gasteiger partial charge is 0.496 e. The van der Waals surface area contributed by atoms with Crippen LogP contribution in [0, 0.1) is 6.92 Å². The van der Waals surface area contributed by atoms with Crippen LogP contribution in [0.4, 0.5) is 0 Å². The molecule has 1 heterocycles. The molecular formula is C17H22N2O3S. The van der Waals surface area contributed by atoms with E-state index < -0.39 is 0 Å². The summed E-state index contributed by atoms with van der Waals surface area (Å²) in [5.41, 5.74) is 1.86. The predicted molar refractivity (Wildman–Crippen MR) is 92.1 cm³/mol. The van der Waals surface area contributed by atoms with Gasteiger partial charge in [0, 0.05) is 29.6 Å². The van der Waals surface area contributed by atoms with Crippen molar-refractivity contribution < 1.29 is 9.53 Å². The van der Waals surface area contributed by atoms with Crippen molar-refractivity contribution in [2.24, 2.45) is 0 Å². The summed E-state index contributed by atoms with van der Waals surface area (Å²) in [7, 11) is 1.62. The van der Waals surface area contributed by atoms with E-state index in [1.54, 1.807) is 11.7 Å². The van der Waals surface area contributed by atoms with E-state index in [-0.39, 0.29) is 23.2 Å². The second-order valence-corrected chi connectivity index (χ2v) is 6.14. The van der Waals surface area contributed by atoms with Crippen molar-refractivity contribution in [1.82, 2.24) is 9.88 Å². The Balaban J connectivity index is 2.01. The van der Waals surface area contributed by atoms with Crippen LogP contribution in [0.3, 0.4) is 0 Å². The second kappa shape index (κ2) is 7.97. The number of rotatable bonds is 7. The fourth-order valence-corrected chi connectivity index (χ4v) is 3.27. The van der Waals surface area contributed by atoms with Gasteiger partial charge in [0.1, 0.15) is 5.75 Å².